The van der Waals surface area contributed by atoms with E-state index in [4.69, 9.17) is 11.6 Å². The van der Waals surface area contributed by atoms with Gasteiger partial charge in [0.1, 0.15) is 15.9 Å². The molecule has 0 unspecified atom stereocenters. The van der Waals surface area contributed by atoms with Gasteiger partial charge in [0.15, 0.2) is 6.29 Å². The van der Waals surface area contributed by atoms with E-state index in [0.29, 0.717) is 6.29 Å². The van der Waals surface area contributed by atoms with E-state index in [1.165, 1.54) is 42.6 Å². The molecular weight excluding hydrogens is 355 g/mol. The van der Waals surface area contributed by atoms with Crippen LogP contribution in [0.1, 0.15) is 10.4 Å². The maximum atomic E-state index is 14.1. The molecule has 0 spiro atoms. The number of carbonyl (C=O) groups is 1. The molecule has 0 aliphatic rings. The summed E-state index contributed by atoms with van der Waals surface area (Å²) in [4.78, 5) is 14.8. The number of rotatable bonds is 4. The molecule has 8 heteroatoms. The van der Waals surface area contributed by atoms with Crippen LogP contribution in [0.3, 0.4) is 0 Å². The molecule has 0 aliphatic carbocycles. The Morgan fingerprint density at radius 3 is 2.54 bits per heavy atom. The second-order valence-electron chi connectivity index (χ2n) is 4.83. The van der Waals surface area contributed by atoms with Crippen LogP contribution in [0.2, 0.25) is 5.15 Å². The van der Waals surface area contributed by atoms with Crippen LogP contribution in [0.15, 0.2) is 59.8 Å². The Hall–Kier alpha value is -2.51. The predicted molar refractivity (Wildman–Crippen MR) is 87.0 cm³/mol. The first kappa shape index (κ1) is 16.4. The lowest BCUT2D eigenvalue weighted by atomic mass is 10.1. The molecule has 0 amide bonds. The van der Waals surface area contributed by atoms with Crippen LogP contribution < -0.4 is 0 Å². The maximum absolute atomic E-state index is 14.1. The maximum Gasteiger partial charge on any atom is 0.270 e. The van der Waals surface area contributed by atoms with Gasteiger partial charge in [-0.1, -0.05) is 23.7 Å². The van der Waals surface area contributed by atoms with E-state index in [1.807, 2.05) is 0 Å². The predicted octanol–water partition coefficient (Wildman–Crippen LogP) is 3.39. The third-order valence-corrected chi connectivity index (χ3v) is 5.56. The first-order chi connectivity index (χ1) is 11.5. The monoisotopic (exact) mass is 364 g/mol. The van der Waals surface area contributed by atoms with Crippen molar-refractivity contribution in [3.05, 3.63) is 71.4 Å². The van der Waals surface area contributed by atoms with Crippen LogP contribution in [-0.4, -0.2) is 23.7 Å². The van der Waals surface area contributed by atoms with Crippen LogP contribution in [0, 0.1) is 5.82 Å². The van der Waals surface area contributed by atoms with Gasteiger partial charge in [-0.05, 0) is 30.3 Å². The van der Waals surface area contributed by atoms with Crippen molar-refractivity contribution in [1.82, 2.24) is 8.96 Å². The average Bonchev–Trinajstić information content (AvgIpc) is 2.93. The second-order valence-corrected chi connectivity index (χ2v) is 6.98. The first-order valence-electron chi connectivity index (χ1n) is 6.73. The zero-order chi connectivity index (χ0) is 17.3. The summed E-state index contributed by atoms with van der Waals surface area (Å²) in [5.41, 5.74) is -0.0774. The highest BCUT2D eigenvalue weighted by Gasteiger charge is 2.27. The summed E-state index contributed by atoms with van der Waals surface area (Å²) in [5, 5.41) is -0.313. The van der Waals surface area contributed by atoms with Gasteiger partial charge in [0.05, 0.1) is 11.3 Å². The SMILES string of the molecule is O=Cc1cc(-c2ccccc2F)n(S(=O)(=O)c2cccnc2)c1Cl. The van der Waals surface area contributed by atoms with Crippen molar-refractivity contribution >= 4 is 27.9 Å². The Kier molecular flexibility index (Phi) is 4.21. The number of benzene rings is 1. The van der Waals surface area contributed by atoms with Crippen molar-refractivity contribution in [2.45, 2.75) is 4.90 Å². The lowest BCUT2D eigenvalue weighted by Gasteiger charge is -2.12. The van der Waals surface area contributed by atoms with Gasteiger partial charge in [-0.3, -0.25) is 9.78 Å². The zero-order valence-electron chi connectivity index (χ0n) is 12.1. The third kappa shape index (κ3) is 2.61. The van der Waals surface area contributed by atoms with E-state index < -0.39 is 15.8 Å². The average molecular weight is 365 g/mol. The van der Waals surface area contributed by atoms with Crippen molar-refractivity contribution < 1.29 is 17.6 Å². The summed E-state index contributed by atoms with van der Waals surface area (Å²) >= 11 is 6.08. The largest absolute Gasteiger partial charge is 0.298 e. The molecule has 5 nitrogen and oxygen atoms in total. The Morgan fingerprint density at radius 1 is 1.17 bits per heavy atom. The molecule has 1 aromatic carbocycles. The topological polar surface area (TPSA) is 69.0 Å². The molecule has 0 saturated heterocycles. The van der Waals surface area contributed by atoms with Gasteiger partial charge in [-0.25, -0.2) is 16.8 Å². The van der Waals surface area contributed by atoms with E-state index in [-0.39, 0.29) is 26.9 Å². The van der Waals surface area contributed by atoms with Crippen LogP contribution in [0.4, 0.5) is 4.39 Å². The molecule has 0 fully saturated rings. The fourth-order valence-electron chi connectivity index (χ4n) is 2.27. The van der Waals surface area contributed by atoms with Gasteiger partial charge in [0.25, 0.3) is 10.0 Å². The minimum Gasteiger partial charge on any atom is -0.298 e. The Bertz CT molecular complexity index is 1020. The number of aldehydes is 1. The fourth-order valence-corrected chi connectivity index (χ4v) is 4.11. The molecule has 0 aliphatic heterocycles. The van der Waals surface area contributed by atoms with Gasteiger partial charge in [0.2, 0.25) is 0 Å². The molecule has 0 saturated carbocycles. The molecule has 0 N–H and O–H groups in total. The lowest BCUT2D eigenvalue weighted by molar-refractivity contribution is 0.112. The van der Waals surface area contributed by atoms with Gasteiger partial charge in [-0.15, -0.1) is 0 Å². The minimum absolute atomic E-state index is 0.0139. The number of halogens is 2. The Balaban J connectivity index is 2.35. The van der Waals surface area contributed by atoms with Gasteiger partial charge in [-0.2, -0.15) is 0 Å². The van der Waals surface area contributed by atoms with Crippen LogP contribution in [0.25, 0.3) is 11.3 Å². The summed E-state index contributed by atoms with van der Waals surface area (Å²) in [5.74, 6) is -0.633. The molecule has 3 aromatic rings. The first-order valence-corrected chi connectivity index (χ1v) is 8.55. The Morgan fingerprint density at radius 2 is 1.92 bits per heavy atom. The van der Waals surface area contributed by atoms with Crippen molar-refractivity contribution in [1.29, 1.82) is 0 Å². The lowest BCUT2D eigenvalue weighted by Crippen LogP contribution is -2.15. The summed E-state index contributed by atoms with van der Waals surface area (Å²) < 4.78 is 40.7. The van der Waals surface area contributed by atoms with Crippen molar-refractivity contribution in [2.24, 2.45) is 0 Å². The number of nitrogens with zero attached hydrogens (tertiary/aromatic N) is 2. The quantitative estimate of drug-likeness (QED) is 0.665. The molecule has 3 rings (SSSR count). The van der Waals surface area contributed by atoms with E-state index >= 15 is 0 Å². The minimum atomic E-state index is -4.16. The highest BCUT2D eigenvalue weighted by molar-refractivity contribution is 7.90. The fraction of sp³-hybridized carbons (Fsp3) is 0. The summed E-state index contributed by atoms with van der Waals surface area (Å²) in [6, 6.07) is 9.66. The van der Waals surface area contributed by atoms with Crippen LogP contribution in [0.5, 0.6) is 0 Å². The molecule has 2 heterocycles. The number of carbonyl (C=O) groups excluding carboxylic acids is 1. The van der Waals surface area contributed by atoms with E-state index in [2.05, 4.69) is 4.98 Å². The molecular formula is C16H10ClFN2O3S. The smallest absolute Gasteiger partial charge is 0.270 e. The molecule has 0 radical (unpaired) electrons. The summed E-state index contributed by atoms with van der Waals surface area (Å²) in [6.07, 6.45) is 2.99. The van der Waals surface area contributed by atoms with Crippen molar-refractivity contribution in [2.75, 3.05) is 0 Å². The highest BCUT2D eigenvalue weighted by atomic mass is 35.5. The number of aromatic nitrogens is 2. The Labute approximate surface area is 142 Å². The normalized spacial score (nSPS) is 11.4. The third-order valence-electron chi connectivity index (χ3n) is 3.38. The summed E-state index contributed by atoms with van der Waals surface area (Å²) in [6.45, 7) is 0. The van der Waals surface area contributed by atoms with Gasteiger partial charge in [0, 0.05) is 18.0 Å². The standard InChI is InChI=1S/C16H10ClFN2O3S/c17-16-11(10-21)8-15(13-5-1-2-6-14(13)18)20(16)24(22,23)12-4-3-7-19-9-12/h1-10H. The summed E-state index contributed by atoms with van der Waals surface area (Å²) in [7, 11) is -4.16. The zero-order valence-corrected chi connectivity index (χ0v) is 13.6. The number of hydrogen-bond acceptors (Lipinski definition) is 4. The van der Waals surface area contributed by atoms with Crippen LogP contribution in [-0.2, 0) is 10.0 Å². The van der Waals surface area contributed by atoms with E-state index in [0.717, 1.165) is 10.2 Å². The molecule has 0 bridgehead atoms. The number of hydrogen-bond donors (Lipinski definition) is 0. The van der Waals surface area contributed by atoms with Crippen molar-refractivity contribution in [3.8, 4) is 11.3 Å². The van der Waals surface area contributed by atoms with Crippen molar-refractivity contribution in [3.63, 3.8) is 0 Å². The van der Waals surface area contributed by atoms with Crippen LogP contribution >= 0.6 is 11.6 Å². The van der Waals surface area contributed by atoms with E-state index in [1.54, 1.807) is 6.07 Å². The molecule has 24 heavy (non-hydrogen) atoms. The molecule has 0 atom stereocenters. The number of pyridine rings is 1. The second kappa shape index (κ2) is 6.18. The van der Waals surface area contributed by atoms with Gasteiger partial charge >= 0.3 is 0 Å². The van der Waals surface area contributed by atoms with E-state index in [9.17, 15) is 17.6 Å². The highest BCUT2D eigenvalue weighted by Crippen LogP contribution is 2.33. The molecule has 2 aromatic heterocycles. The molecule has 122 valence electrons. The van der Waals surface area contributed by atoms with Gasteiger partial charge < -0.3 is 0 Å².